The Labute approximate surface area is 283 Å². The SMILES string of the molecule is C1=c2c(n(-c3ccccc3)c3ccccc23)=CC(N(c2ccc3c(c2)oc2ccc4ccccc4c23)c2ccccc2-c2ccccc2)C1. The smallest absolute Gasteiger partial charge is 0.137 e. The van der Waals surface area contributed by atoms with Crippen molar-refractivity contribution in [1.82, 2.24) is 4.57 Å². The Balaban J connectivity index is 1.23. The van der Waals surface area contributed by atoms with E-state index in [1.807, 2.05) is 0 Å². The van der Waals surface area contributed by atoms with Gasteiger partial charge in [-0.1, -0.05) is 121 Å². The number of rotatable bonds is 5. The van der Waals surface area contributed by atoms with Gasteiger partial charge in [-0.15, -0.1) is 0 Å². The molecule has 232 valence electrons. The molecule has 0 saturated heterocycles. The molecule has 1 aliphatic carbocycles. The first-order valence-corrected chi connectivity index (χ1v) is 17.0. The highest BCUT2D eigenvalue weighted by Crippen LogP contribution is 2.41. The fraction of sp³-hybridized carbons (Fsp3) is 0.0435. The van der Waals surface area contributed by atoms with E-state index in [0.717, 1.165) is 40.0 Å². The van der Waals surface area contributed by atoms with E-state index in [2.05, 4.69) is 185 Å². The number of hydrogen-bond acceptors (Lipinski definition) is 2. The number of para-hydroxylation sites is 3. The first-order chi connectivity index (χ1) is 24.3. The van der Waals surface area contributed by atoms with Gasteiger partial charge in [0.15, 0.2) is 0 Å². The maximum absolute atomic E-state index is 6.61. The molecule has 0 fully saturated rings. The van der Waals surface area contributed by atoms with Crippen LogP contribution in [0.1, 0.15) is 6.42 Å². The monoisotopic (exact) mass is 628 g/mol. The summed E-state index contributed by atoms with van der Waals surface area (Å²) >= 11 is 0. The molecule has 0 aliphatic heterocycles. The van der Waals surface area contributed by atoms with Gasteiger partial charge in [0.2, 0.25) is 0 Å². The molecule has 10 rings (SSSR count). The largest absolute Gasteiger partial charge is 0.456 e. The Hall–Kier alpha value is -6.32. The molecule has 0 bridgehead atoms. The third kappa shape index (κ3) is 4.43. The highest BCUT2D eigenvalue weighted by molar-refractivity contribution is 6.19. The molecule has 0 N–H and O–H groups in total. The van der Waals surface area contributed by atoms with Crippen molar-refractivity contribution in [2.24, 2.45) is 0 Å². The average Bonchev–Trinajstić information content (AvgIpc) is 3.71. The van der Waals surface area contributed by atoms with Gasteiger partial charge in [0.25, 0.3) is 0 Å². The molecule has 2 aromatic heterocycles. The van der Waals surface area contributed by atoms with Crippen LogP contribution in [0.4, 0.5) is 11.4 Å². The second-order valence-corrected chi connectivity index (χ2v) is 12.9. The summed E-state index contributed by atoms with van der Waals surface area (Å²) in [5.74, 6) is 0. The molecule has 0 saturated carbocycles. The number of anilines is 2. The predicted molar refractivity (Wildman–Crippen MR) is 205 cm³/mol. The molecule has 7 aromatic carbocycles. The average molecular weight is 629 g/mol. The lowest BCUT2D eigenvalue weighted by atomic mass is 9.98. The van der Waals surface area contributed by atoms with Crippen molar-refractivity contribution < 1.29 is 4.42 Å². The van der Waals surface area contributed by atoms with Crippen molar-refractivity contribution in [2.45, 2.75) is 12.5 Å². The molecule has 1 aliphatic rings. The number of benzene rings is 7. The molecule has 0 radical (unpaired) electrons. The van der Waals surface area contributed by atoms with Crippen LogP contribution in [-0.4, -0.2) is 10.6 Å². The maximum Gasteiger partial charge on any atom is 0.137 e. The first kappa shape index (κ1) is 27.8. The summed E-state index contributed by atoms with van der Waals surface area (Å²) in [5, 5.41) is 8.55. The highest BCUT2D eigenvalue weighted by atomic mass is 16.3. The third-order valence-corrected chi connectivity index (χ3v) is 10.1. The Morgan fingerprint density at radius 1 is 0.592 bits per heavy atom. The van der Waals surface area contributed by atoms with E-state index in [1.165, 1.54) is 48.8 Å². The summed E-state index contributed by atoms with van der Waals surface area (Å²) < 4.78 is 9.03. The van der Waals surface area contributed by atoms with Gasteiger partial charge in [-0.3, -0.25) is 0 Å². The van der Waals surface area contributed by atoms with Gasteiger partial charge in [-0.05, 0) is 71.3 Å². The number of nitrogens with zero attached hydrogens (tertiary/aromatic N) is 2. The summed E-state index contributed by atoms with van der Waals surface area (Å²) in [5.41, 5.74) is 8.84. The summed E-state index contributed by atoms with van der Waals surface area (Å²) in [4.78, 5) is 2.51. The molecule has 0 spiro atoms. The molecule has 3 nitrogen and oxygen atoms in total. The number of fused-ring (bicyclic) bond motifs is 8. The normalized spacial score (nSPS) is 14.2. The quantitative estimate of drug-likeness (QED) is 0.189. The van der Waals surface area contributed by atoms with Crippen LogP contribution in [0.15, 0.2) is 168 Å². The maximum atomic E-state index is 6.61. The van der Waals surface area contributed by atoms with Gasteiger partial charge >= 0.3 is 0 Å². The minimum absolute atomic E-state index is 0.0480. The lowest BCUT2D eigenvalue weighted by molar-refractivity contribution is 0.669. The van der Waals surface area contributed by atoms with Crippen LogP contribution in [0.2, 0.25) is 0 Å². The van der Waals surface area contributed by atoms with E-state index < -0.39 is 0 Å². The van der Waals surface area contributed by atoms with E-state index in [9.17, 15) is 0 Å². The van der Waals surface area contributed by atoms with Crippen molar-refractivity contribution >= 4 is 67.1 Å². The van der Waals surface area contributed by atoms with E-state index in [0.29, 0.717) is 0 Å². The fourth-order valence-corrected chi connectivity index (χ4v) is 7.93. The zero-order valence-corrected chi connectivity index (χ0v) is 26.8. The molecule has 0 amide bonds. The third-order valence-electron chi connectivity index (χ3n) is 10.1. The van der Waals surface area contributed by atoms with Gasteiger partial charge in [-0.25, -0.2) is 0 Å². The second kappa shape index (κ2) is 11.1. The van der Waals surface area contributed by atoms with Crippen molar-refractivity contribution in [3.63, 3.8) is 0 Å². The zero-order chi connectivity index (χ0) is 32.3. The van der Waals surface area contributed by atoms with Gasteiger partial charge < -0.3 is 13.9 Å². The van der Waals surface area contributed by atoms with Crippen molar-refractivity contribution in [3.05, 3.63) is 174 Å². The van der Waals surface area contributed by atoms with Crippen LogP contribution >= 0.6 is 0 Å². The van der Waals surface area contributed by atoms with Gasteiger partial charge in [0.05, 0.1) is 16.9 Å². The summed E-state index contributed by atoms with van der Waals surface area (Å²) in [6.07, 6.45) is 5.77. The Morgan fingerprint density at radius 3 is 2.20 bits per heavy atom. The Morgan fingerprint density at radius 2 is 1.33 bits per heavy atom. The zero-order valence-electron chi connectivity index (χ0n) is 26.8. The minimum Gasteiger partial charge on any atom is -0.456 e. The summed E-state index contributed by atoms with van der Waals surface area (Å²) in [6, 6.07) is 58.6. The standard InChI is InChI=1S/C46H32N2O/c1-3-13-31(14-4-1)36-18-9-11-21-41(36)47(35-25-27-40-45(30-35)49-44-28-23-32-15-7-8-19-37(32)46(40)44)34-24-26-39-38-20-10-12-22-42(38)48(43(39)29-34)33-16-5-2-6-17-33/h1-23,25-30,34H,24H2. The lowest BCUT2D eigenvalue weighted by Gasteiger charge is -2.34. The fourth-order valence-electron chi connectivity index (χ4n) is 7.93. The van der Waals surface area contributed by atoms with Crippen LogP contribution < -0.4 is 15.5 Å². The second-order valence-electron chi connectivity index (χ2n) is 12.9. The van der Waals surface area contributed by atoms with Crippen LogP contribution in [0, 0.1) is 0 Å². The van der Waals surface area contributed by atoms with E-state index in [4.69, 9.17) is 4.42 Å². The van der Waals surface area contributed by atoms with Gasteiger partial charge in [-0.2, -0.15) is 0 Å². The lowest BCUT2D eigenvalue weighted by Crippen LogP contribution is -2.39. The number of hydrogen-bond donors (Lipinski definition) is 0. The van der Waals surface area contributed by atoms with Gasteiger partial charge in [0.1, 0.15) is 11.2 Å². The Bertz CT molecular complexity index is 2810. The van der Waals surface area contributed by atoms with Crippen molar-refractivity contribution in [1.29, 1.82) is 0 Å². The van der Waals surface area contributed by atoms with Crippen LogP contribution in [0.5, 0.6) is 0 Å². The predicted octanol–water partition coefficient (Wildman–Crippen LogP) is 10.5. The summed E-state index contributed by atoms with van der Waals surface area (Å²) in [6.45, 7) is 0. The number of furan rings is 1. The van der Waals surface area contributed by atoms with Crippen LogP contribution in [0.25, 0.3) is 72.6 Å². The Kier molecular flexibility index (Phi) is 6.31. The number of aromatic nitrogens is 1. The molecular weight excluding hydrogens is 597 g/mol. The summed E-state index contributed by atoms with van der Waals surface area (Å²) in [7, 11) is 0. The van der Waals surface area contributed by atoms with Crippen LogP contribution in [-0.2, 0) is 0 Å². The topological polar surface area (TPSA) is 21.3 Å². The van der Waals surface area contributed by atoms with E-state index in [-0.39, 0.29) is 6.04 Å². The van der Waals surface area contributed by atoms with Crippen LogP contribution in [0.3, 0.4) is 0 Å². The van der Waals surface area contributed by atoms with Crippen molar-refractivity contribution in [3.8, 4) is 16.8 Å². The van der Waals surface area contributed by atoms with Gasteiger partial charge in [0, 0.05) is 50.1 Å². The molecule has 49 heavy (non-hydrogen) atoms. The first-order valence-electron chi connectivity index (χ1n) is 17.0. The minimum atomic E-state index is 0.0480. The molecular formula is C46H32N2O. The van der Waals surface area contributed by atoms with E-state index >= 15 is 0 Å². The molecule has 9 aromatic rings. The molecule has 1 atom stereocenters. The van der Waals surface area contributed by atoms with E-state index in [1.54, 1.807) is 0 Å². The van der Waals surface area contributed by atoms with Crippen molar-refractivity contribution in [2.75, 3.05) is 4.90 Å². The highest BCUT2D eigenvalue weighted by Gasteiger charge is 2.25. The molecule has 3 heteroatoms. The molecule has 1 unspecified atom stereocenters. The molecule has 2 heterocycles.